The highest BCUT2D eigenvalue weighted by molar-refractivity contribution is 5.79. The van der Waals surface area contributed by atoms with Crippen LogP contribution in [0.4, 0.5) is 0 Å². The van der Waals surface area contributed by atoms with Gasteiger partial charge in [-0.05, 0) is 36.5 Å². The molecule has 0 heterocycles. The van der Waals surface area contributed by atoms with Gasteiger partial charge < -0.3 is 10.1 Å². The SMILES string of the molecule is CCC(C)NC(=O)Cc1ccc(OC)c(C(C)C)c1. The summed E-state index contributed by atoms with van der Waals surface area (Å²) in [4.78, 5) is 11.9. The van der Waals surface area contributed by atoms with Crippen molar-refractivity contribution in [1.82, 2.24) is 5.32 Å². The standard InChI is InChI=1S/C16H25NO2/c1-6-12(4)17-16(18)10-13-7-8-15(19-5)14(9-13)11(2)3/h7-9,11-12H,6,10H2,1-5H3,(H,17,18). The molecule has 1 rings (SSSR count). The lowest BCUT2D eigenvalue weighted by Crippen LogP contribution is -2.33. The molecule has 0 aliphatic heterocycles. The Morgan fingerprint density at radius 1 is 1.32 bits per heavy atom. The number of hydrogen-bond acceptors (Lipinski definition) is 2. The highest BCUT2D eigenvalue weighted by Crippen LogP contribution is 2.27. The normalized spacial score (nSPS) is 12.3. The van der Waals surface area contributed by atoms with Crippen LogP contribution >= 0.6 is 0 Å². The Labute approximate surface area is 116 Å². The summed E-state index contributed by atoms with van der Waals surface area (Å²) in [5, 5.41) is 2.99. The number of benzene rings is 1. The summed E-state index contributed by atoms with van der Waals surface area (Å²) in [5.74, 6) is 1.35. The Morgan fingerprint density at radius 2 is 2.00 bits per heavy atom. The highest BCUT2D eigenvalue weighted by Gasteiger charge is 2.11. The monoisotopic (exact) mass is 263 g/mol. The lowest BCUT2D eigenvalue weighted by molar-refractivity contribution is -0.121. The van der Waals surface area contributed by atoms with Crippen LogP contribution in [0.2, 0.25) is 0 Å². The summed E-state index contributed by atoms with van der Waals surface area (Å²) in [6.45, 7) is 8.34. The summed E-state index contributed by atoms with van der Waals surface area (Å²) in [5.41, 5.74) is 2.18. The molecule has 0 aromatic heterocycles. The van der Waals surface area contributed by atoms with Gasteiger partial charge in [-0.2, -0.15) is 0 Å². The smallest absolute Gasteiger partial charge is 0.224 e. The predicted molar refractivity (Wildman–Crippen MR) is 78.7 cm³/mol. The quantitative estimate of drug-likeness (QED) is 0.855. The first-order valence-electron chi connectivity index (χ1n) is 6.94. The van der Waals surface area contributed by atoms with Crippen molar-refractivity contribution >= 4 is 5.91 Å². The van der Waals surface area contributed by atoms with Crippen LogP contribution < -0.4 is 10.1 Å². The highest BCUT2D eigenvalue weighted by atomic mass is 16.5. The Kier molecular flexibility index (Phi) is 5.87. The van der Waals surface area contributed by atoms with Gasteiger partial charge in [0.25, 0.3) is 0 Å². The first kappa shape index (κ1) is 15.5. The zero-order valence-corrected chi connectivity index (χ0v) is 12.6. The predicted octanol–water partition coefficient (Wildman–Crippen LogP) is 3.28. The van der Waals surface area contributed by atoms with Crippen LogP contribution in [0.5, 0.6) is 5.75 Å². The lowest BCUT2D eigenvalue weighted by atomic mass is 9.98. The molecule has 0 aliphatic rings. The number of rotatable bonds is 6. The fourth-order valence-electron chi connectivity index (χ4n) is 1.96. The number of carbonyl (C=O) groups excluding carboxylic acids is 1. The first-order chi connectivity index (χ1) is 8.97. The second-order valence-electron chi connectivity index (χ2n) is 5.28. The van der Waals surface area contributed by atoms with Gasteiger partial charge >= 0.3 is 0 Å². The Morgan fingerprint density at radius 3 is 2.53 bits per heavy atom. The van der Waals surface area contributed by atoms with E-state index in [0.717, 1.165) is 23.3 Å². The first-order valence-corrected chi connectivity index (χ1v) is 6.94. The van der Waals surface area contributed by atoms with Gasteiger partial charge in [-0.3, -0.25) is 4.79 Å². The third kappa shape index (κ3) is 4.58. The van der Waals surface area contributed by atoms with Gasteiger partial charge in [0.15, 0.2) is 0 Å². The molecule has 0 bridgehead atoms. The van der Waals surface area contributed by atoms with E-state index < -0.39 is 0 Å². The summed E-state index contributed by atoms with van der Waals surface area (Å²) in [7, 11) is 1.68. The minimum absolute atomic E-state index is 0.0780. The van der Waals surface area contributed by atoms with E-state index in [4.69, 9.17) is 4.74 Å². The molecule has 1 amide bonds. The molecule has 0 fully saturated rings. The number of nitrogens with one attached hydrogen (secondary N) is 1. The topological polar surface area (TPSA) is 38.3 Å². The van der Waals surface area contributed by atoms with Crippen molar-refractivity contribution in [2.75, 3.05) is 7.11 Å². The zero-order valence-electron chi connectivity index (χ0n) is 12.6. The van der Waals surface area contributed by atoms with Crippen LogP contribution in [0, 0.1) is 0 Å². The molecular weight excluding hydrogens is 238 g/mol. The number of methoxy groups -OCH3 is 1. The maximum Gasteiger partial charge on any atom is 0.224 e. The number of ether oxygens (including phenoxy) is 1. The van der Waals surface area contributed by atoms with E-state index in [0.29, 0.717) is 12.3 Å². The van der Waals surface area contributed by atoms with Gasteiger partial charge in [0.1, 0.15) is 5.75 Å². The fourth-order valence-corrected chi connectivity index (χ4v) is 1.96. The molecule has 1 N–H and O–H groups in total. The van der Waals surface area contributed by atoms with Gasteiger partial charge in [-0.1, -0.05) is 32.9 Å². The second kappa shape index (κ2) is 7.17. The van der Waals surface area contributed by atoms with Crippen molar-refractivity contribution in [1.29, 1.82) is 0 Å². The van der Waals surface area contributed by atoms with E-state index in [2.05, 4.69) is 32.2 Å². The molecule has 0 radical (unpaired) electrons. The average Bonchev–Trinajstić information content (AvgIpc) is 2.38. The van der Waals surface area contributed by atoms with E-state index >= 15 is 0 Å². The lowest BCUT2D eigenvalue weighted by Gasteiger charge is -2.15. The van der Waals surface area contributed by atoms with Gasteiger partial charge in [0.2, 0.25) is 5.91 Å². The molecule has 0 spiro atoms. The molecule has 1 aromatic rings. The molecule has 19 heavy (non-hydrogen) atoms. The van der Waals surface area contributed by atoms with Gasteiger partial charge in [-0.25, -0.2) is 0 Å². The fraction of sp³-hybridized carbons (Fsp3) is 0.562. The van der Waals surface area contributed by atoms with Crippen molar-refractivity contribution in [3.8, 4) is 5.75 Å². The minimum atomic E-state index is 0.0780. The van der Waals surface area contributed by atoms with Crippen molar-refractivity contribution in [2.45, 2.75) is 52.5 Å². The van der Waals surface area contributed by atoms with Crippen LogP contribution in [0.1, 0.15) is 51.2 Å². The third-order valence-electron chi connectivity index (χ3n) is 3.30. The van der Waals surface area contributed by atoms with Crippen LogP contribution in [0.3, 0.4) is 0 Å². The Hall–Kier alpha value is -1.51. The summed E-state index contributed by atoms with van der Waals surface area (Å²) in [6, 6.07) is 6.21. The molecule has 1 aromatic carbocycles. The molecule has 1 unspecified atom stereocenters. The molecule has 3 nitrogen and oxygen atoms in total. The molecule has 0 saturated heterocycles. The van der Waals surface area contributed by atoms with Gasteiger partial charge in [0, 0.05) is 6.04 Å². The number of hydrogen-bond donors (Lipinski definition) is 1. The number of amides is 1. The molecule has 0 saturated carbocycles. The maximum absolute atomic E-state index is 11.9. The largest absolute Gasteiger partial charge is 0.496 e. The van der Waals surface area contributed by atoms with Crippen LogP contribution in [0.25, 0.3) is 0 Å². The van der Waals surface area contributed by atoms with E-state index in [9.17, 15) is 4.79 Å². The molecule has 0 aliphatic carbocycles. The van der Waals surface area contributed by atoms with Crippen molar-refractivity contribution in [3.05, 3.63) is 29.3 Å². The Balaban J connectivity index is 2.79. The molecule has 3 heteroatoms. The van der Waals surface area contributed by atoms with Gasteiger partial charge in [-0.15, -0.1) is 0 Å². The van der Waals surface area contributed by atoms with Crippen molar-refractivity contribution < 1.29 is 9.53 Å². The van der Waals surface area contributed by atoms with Crippen molar-refractivity contribution in [2.24, 2.45) is 0 Å². The van der Waals surface area contributed by atoms with E-state index in [1.807, 2.05) is 19.1 Å². The van der Waals surface area contributed by atoms with Crippen LogP contribution in [0.15, 0.2) is 18.2 Å². The van der Waals surface area contributed by atoms with Crippen molar-refractivity contribution in [3.63, 3.8) is 0 Å². The van der Waals surface area contributed by atoms with Crippen LogP contribution in [-0.4, -0.2) is 19.1 Å². The van der Waals surface area contributed by atoms with Gasteiger partial charge in [0.05, 0.1) is 13.5 Å². The van der Waals surface area contributed by atoms with Crippen LogP contribution in [-0.2, 0) is 11.2 Å². The number of carbonyl (C=O) groups is 1. The maximum atomic E-state index is 11.9. The zero-order chi connectivity index (χ0) is 14.4. The molecule has 106 valence electrons. The summed E-state index contributed by atoms with van der Waals surface area (Å²) in [6.07, 6.45) is 1.37. The molecule has 1 atom stereocenters. The average molecular weight is 263 g/mol. The Bertz CT molecular complexity index is 427. The molecular formula is C16H25NO2. The third-order valence-corrected chi connectivity index (χ3v) is 3.30. The second-order valence-corrected chi connectivity index (χ2v) is 5.28. The summed E-state index contributed by atoms with van der Waals surface area (Å²) >= 11 is 0. The summed E-state index contributed by atoms with van der Waals surface area (Å²) < 4.78 is 5.35. The van der Waals surface area contributed by atoms with E-state index in [-0.39, 0.29) is 11.9 Å². The minimum Gasteiger partial charge on any atom is -0.496 e. The van der Waals surface area contributed by atoms with E-state index in [1.165, 1.54) is 0 Å². The van der Waals surface area contributed by atoms with E-state index in [1.54, 1.807) is 7.11 Å².